The van der Waals surface area contributed by atoms with Crippen molar-refractivity contribution < 1.29 is 14.3 Å². The molecule has 0 N–H and O–H groups in total. The first-order valence-electron chi connectivity index (χ1n) is 4.88. The molecule has 0 atom stereocenters. The molecule has 0 aliphatic carbocycles. The zero-order valence-electron chi connectivity index (χ0n) is 8.53. The van der Waals surface area contributed by atoms with Gasteiger partial charge in [0.05, 0.1) is 12.2 Å². The quantitative estimate of drug-likeness (QED) is 0.659. The Morgan fingerprint density at radius 3 is 3.00 bits per heavy atom. The molecule has 0 saturated heterocycles. The fourth-order valence-electron chi connectivity index (χ4n) is 1.52. The number of carbonyl (C=O) groups excluding carboxylic acids is 1. The van der Waals surface area contributed by atoms with E-state index < -0.39 is 0 Å². The van der Waals surface area contributed by atoms with Crippen molar-refractivity contribution in [3.05, 3.63) is 35.9 Å². The third-order valence-corrected chi connectivity index (χ3v) is 2.11. The van der Waals surface area contributed by atoms with Gasteiger partial charge in [-0.05, 0) is 18.2 Å². The van der Waals surface area contributed by atoms with Gasteiger partial charge in [-0.15, -0.1) is 0 Å². The molecule has 0 bridgehead atoms. The second-order valence-corrected chi connectivity index (χ2v) is 3.30. The Bertz CT molecular complexity index is 407. The third kappa shape index (κ3) is 2.18. The first-order valence-corrected chi connectivity index (χ1v) is 4.88. The molecular formula is C12H12O3. The standard InChI is InChI=1S/C12H12O3/c1-9(13)15-12-7-4-8-14-11-6-3-2-5-10(11)12/h2-3,5-7H,4,8H2,1H3. The zero-order chi connectivity index (χ0) is 10.7. The highest BCUT2D eigenvalue weighted by molar-refractivity contribution is 5.78. The molecule has 0 saturated carbocycles. The minimum Gasteiger partial charge on any atom is -0.492 e. The lowest BCUT2D eigenvalue weighted by Gasteiger charge is -2.09. The van der Waals surface area contributed by atoms with E-state index in [-0.39, 0.29) is 5.97 Å². The predicted molar refractivity (Wildman–Crippen MR) is 56.3 cm³/mol. The molecule has 1 aliphatic heterocycles. The number of hydrogen-bond acceptors (Lipinski definition) is 3. The molecule has 0 fully saturated rings. The maximum absolute atomic E-state index is 10.9. The summed E-state index contributed by atoms with van der Waals surface area (Å²) in [5, 5.41) is 0. The van der Waals surface area contributed by atoms with E-state index in [0.29, 0.717) is 12.4 Å². The van der Waals surface area contributed by atoms with Crippen LogP contribution in [0.5, 0.6) is 5.75 Å². The summed E-state index contributed by atoms with van der Waals surface area (Å²) in [6, 6.07) is 7.55. The molecule has 15 heavy (non-hydrogen) atoms. The minimum atomic E-state index is -0.307. The van der Waals surface area contributed by atoms with Crippen LogP contribution in [0.1, 0.15) is 18.9 Å². The molecule has 1 aliphatic rings. The summed E-state index contributed by atoms with van der Waals surface area (Å²) in [6.07, 6.45) is 2.63. The van der Waals surface area contributed by atoms with Gasteiger partial charge < -0.3 is 9.47 Å². The number of esters is 1. The van der Waals surface area contributed by atoms with Crippen molar-refractivity contribution in [2.24, 2.45) is 0 Å². The van der Waals surface area contributed by atoms with Gasteiger partial charge in [-0.2, -0.15) is 0 Å². The Morgan fingerprint density at radius 1 is 1.40 bits per heavy atom. The number of hydrogen-bond donors (Lipinski definition) is 0. The van der Waals surface area contributed by atoms with Gasteiger partial charge >= 0.3 is 5.97 Å². The van der Waals surface area contributed by atoms with Crippen molar-refractivity contribution in [2.75, 3.05) is 6.61 Å². The average Bonchev–Trinajstić information content (AvgIpc) is 2.41. The molecule has 1 aromatic rings. The lowest BCUT2D eigenvalue weighted by Crippen LogP contribution is -1.99. The number of carbonyl (C=O) groups is 1. The lowest BCUT2D eigenvalue weighted by atomic mass is 10.1. The molecule has 1 heterocycles. The topological polar surface area (TPSA) is 35.5 Å². The summed E-state index contributed by atoms with van der Waals surface area (Å²) in [7, 11) is 0. The van der Waals surface area contributed by atoms with E-state index in [1.165, 1.54) is 6.92 Å². The van der Waals surface area contributed by atoms with Crippen molar-refractivity contribution in [1.82, 2.24) is 0 Å². The molecule has 0 unspecified atom stereocenters. The third-order valence-electron chi connectivity index (χ3n) is 2.11. The number of ether oxygens (including phenoxy) is 2. The van der Waals surface area contributed by atoms with Gasteiger partial charge in [0.15, 0.2) is 0 Å². The summed E-state index contributed by atoms with van der Waals surface area (Å²) in [6.45, 7) is 2.01. The van der Waals surface area contributed by atoms with Crippen molar-refractivity contribution >= 4 is 11.7 Å². The van der Waals surface area contributed by atoms with Gasteiger partial charge in [0.1, 0.15) is 11.5 Å². The van der Waals surface area contributed by atoms with Crippen LogP contribution in [0.3, 0.4) is 0 Å². The van der Waals surface area contributed by atoms with Crippen LogP contribution in [-0.2, 0) is 9.53 Å². The maximum atomic E-state index is 10.9. The molecule has 2 rings (SSSR count). The Kier molecular flexibility index (Phi) is 2.72. The van der Waals surface area contributed by atoms with Gasteiger partial charge in [-0.3, -0.25) is 4.79 Å². The van der Waals surface area contributed by atoms with Crippen LogP contribution in [0, 0.1) is 0 Å². The highest BCUT2D eigenvalue weighted by atomic mass is 16.5. The van der Waals surface area contributed by atoms with Gasteiger partial charge in [0.2, 0.25) is 0 Å². The molecule has 0 spiro atoms. The summed E-state index contributed by atoms with van der Waals surface area (Å²) in [4.78, 5) is 10.9. The van der Waals surface area contributed by atoms with Crippen LogP contribution in [0.4, 0.5) is 0 Å². The van der Waals surface area contributed by atoms with E-state index >= 15 is 0 Å². The Balaban J connectivity index is 2.38. The highest BCUT2D eigenvalue weighted by Crippen LogP contribution is 2.29. The number of fused-ring (bicyclic) bond motifs is 1. The number of rotatable bonds is 1. The van der Waals surface area contributed by atoms with Crippen molar-refractivity contribution in [2.45, 2.75) is 13.3 Å². The number of para-hydroxylation sites is 1. The first kappa shape index (κ1) is 9.77. The molecule has 1 aromatic carbocycles. The fraction of sp³-hybridized carbons (Fsp3) is 0.250. The lowest BCUT2D eigenvalue weighted by molar-refractivity contribution is -0.134. The molecule has 0 aromatic heterocycles. The van der Waals surface area contributed by atoms with E-state index in [1.807, 2.05) is 30.3 Å². The van der Waals surface area contributed by atoms with Crippen LogP contribution in [0.2, 0.25) is 0 Å². The van der Waals surface area contributed by atoms with Crippen LogP contribution >= 0.6 is 0 Å². The Hall–Kier alpha value is -1.77. The van der Waals surface area contributed by atoms with E-state index in [1.54, 1.807) is 0 Å². The van der Waals surface area contributed by atoms with E-state index in [4.69, 9.17) is 9.47 Å². The van der Waals surface area contributed by atoms with Crippen LogP contribution in [-0.4, -0.2) is 12.6 Å². The smallest absolute Gasteiger partial charge is 0.308 e. The second kappa shape index (κ2) is 4.17. The van der Waals surface area contributed by atoms with Crippen molar-refractivity contribution in [1.29, 1.82) is 0 Å². The fourth-order valence-corrected chi connectivity index (χ4v) is 1.52. The summed E-state index contributed by atoms with van der Waals surface area (Å²) >= 11 is 0. The number of benzene rings is 1. The molecule has 3 heteroatoms. The minimum absolute atomic E-state index is 0.307. The molecule has 0 amide bonds. The molecule has 78 valence electrons. The summed E-state index contributed by atoms with van der Waals surface area (Å²) in [5.41, 5.74) is 0.838. The van der Waals surface area contributed by atoms with Crippen LogP contribution in [0.25, 0.3) is 5.76 Å². The molecular weight excluding hydrogens is 192 g/mol. The molecule has 3 nitrogen and oxygen atoms in total. The van der Waals surface area contributed by atoms with E-state index in [9.17, 15) is 4.79 Å². The largest absolute Gasteiger partial charge is 0.492 e. The normalized spacial score (nSPS) is 14.3. The van der Waals surface area contributed by atoms with Crippen LogP contribution < -0.4 is 4.74 Å². The molecule has 0 radical (unpaired) electrons. The van der Waals surface area contributed by atoms with E-state index in [0.717, 1.165) is 17.7 Å². The average molecular weight is 204 g/mol. The zero-order valence-corrected chi connectivity index (χ0v) is 8.53. The van der Waals surface area contributed by atoms with E-state index in [2.05, 4.69) is 0 Å². The van der Waals surface area contributed by atoms with Gasteiger partial charge in [0, 0.05) is 13.3 Å². The SMILES string of the molecule is CC(=O)OC1=CCCOc2ccccc21. The Morgan fingerprint density at radius 2 is 2.20 bits per heavy atom. The van der Waals surface area contributed by atoms with Gasteiger partial charge in [-0.1, -0.05) is 12.1 Å². The second-order valence-electron chi connectivity index (χ2n) is 3.30. The van der Waals surface area contributed by atoms with Crippen molar-refractivity contribution in [3.63, 3.8) is 0 Å². The Labute approximate surface area is 88.3 Å². The summed E-state index contributed by atoms with van der Waals surface area (Å²) < 4.78 is 10.7. The highest BCUT2D eigenvalue weighted by Gasteiger charge is 2.14. The predicted octanol–water partition coefficient (Wildman–Crippen LogP) is 2.37. The van der Waals surface area contributed by atoms with Gasteiger partial charge in [-0.25, -0.2) is 0 Å². The van der Waals surface area contributed by atoms with Gasteiger partial charge in [0.25, 0.3) is 0 Å². The monoisotopic (exact) mass is 204 g/mol. The maximum Gasteiger partial charge on any atom is 0.308 e. The first-order chi connectivity index (χ1) is 7.27. The summed E-state index contributed by atoms with van der Waals surface area (Å²) in [5.74, 6) is 1.05. The van der Waals surface area contributed by atoms with Crippen LogP contribution in [0.15, 0.2) is 30.3 Å². The van der Waals surface area contributed by atoms with Crippen molar-refractivity contribution in [3.8, 4) is 5.75 Å².